The Bertz CT molecular complexity index is 869. The monoisotopic (exact) mass is 371 g/mol. The predicted octanol–water partition coefficient (Wildman–Crippen LogP) is 6.20. The lowest BCUT2D eigenvalue weighted by Crippen LogP contribution is -2.08. The van der Waals surface area contributed by atoms with E-state index >= 15 is 0 Å². The molecule has 2 nitrogen and oxygen atoms in total. The second kappa shape index (κ2) is 9.05. The molecular weight excluding hydrogens is 342 g/mol. The standard InChI is InChI=1S/C26H29NO/c1-28-26-12-11-23(19-24(26)17-20-7-5-6-8-20)25(22-9-3-2-4-10-22)18-21-13-15-27-16-14-21/h2-4,9-16,19-20,25H,5-8,17-18H2,1H3. The van der Waals surface area contributed by atoms with Gasteiger partial charge >= 0.3 is 0 Å². The van der Waals surface area contributed by atoms with E-state index < -0.39 is 0 Å². The number of benzene rings is 2. The Morgan fingerprint density at radius 3 is 2.39 bits per heavy atom. The molecule has 1 aliphatic carbocycles. The minimum Gasteiger partial charge on any atom is -0.496 e. The van der Waals surface area contributed by atoms with E-state index in [1.807, 2.05) is 12.4 Å². The summed E-state index contributed by atoms with van der Waals surface area (Å²) in [6.45, 7) is 0. The number of rotatable bonds is 7. The van der Waals surface area contributed by atoms with Crippen LogP contribution >= 0.6 is 0 Å². The zero-order valence-electron chi connectivity index (χ0n) is 16.7. The van der Waals surface area contributed by atoms with Crippen molar-refractivity contribution in [3.63, 3.8) is 0 Å². The first-order valence-corrected chi connectivity index (χ1v) is 10.4. The Morgan fingerprint density at radius 1 is 0.929 bits per heavy atom. The Balaban J connectivity index is 1.68. The van der Waals surface area contributed by atoms with Crippen LogP contribution in [-0.4, -0.2) is 12.1 Å². The molecule has 1 saturated carbocycles. The van der Waals surface area contributed by atoms with Gasteiger partial charge in [0.2, 0.25) is 0 Å². The van der Waals surface area contributed by atoms with Gasteiger partial charge in [0.25, 0.3) is 0 Å². The summed E-state index contributed by atoms with van der Waals surface area (Å²) in [5, 5.41) is 0. The highest BCUT2D eigenvalue weighted by atomic mass is 16.5. The third-order valence-electron chi connectivity index (χ3n) is 6.08. The van der Waals surface area contributed by atoms with Crippen molar-refractivity contribution in [2.45, 2.75) is 44.4 Å². The summed E-state index contributed by atoms with van der Waals surface area (Å²) >= 11 is 0. The fourth-order valence-electron chi connectivity index (χ4n) is 4.57. The van der Waals surface area contributed by atoms with Gasteiger partial charge in [0.1, 0.15) is 5.75 Å². The Hall–Kier alpha value is -2.61. The first-order chi connectivity index (χ1) is 13.8. The third-order valence-corrected chi connectivity index (χ3v) is 6.08. The minimum absolute atomic E-state index is 0.330. The largest absolute Gasteiger partial charge is 0.496 e. The van der Waals surface area contributed by atoms with E-state index in [-0.39, 0.29) is 0 Å². The molecular formula is C26H29NO. The van der Waals surface area contributed by atoms with E-state index in [0.29, 0.717) is 5.92 Å². The molecule has 4 rings (SSSR count). The molecule has 0 aliphatic heterocycles. The maximum absolute atomic E-state index is 5.71. The molecule has 1 fully saturated rings. The fraction of sp³-hybridized carbons (Fsp3) is 0.346. The lowest BCUT2D eigenvalue weighted by molar-refractivity contribution is 0.404. The predicted molar refractivity (Wildman–Crippen MR) is 115 cm³/mol. The van der Waals surface area contributed by atoms with Gasteiger partial charge in [-0.15, -0.1) is 0 Å². The lowest BCUT2D eigenvalue weighted by Gasteiger charge is -2.21. The number of nitrogens with zero attached hydrogens (tertiary/aromatic N) is 1. The molecule has 28 heavy (non-hydrogen) atoms. The van der Waals surface area contributed by atoms with Gasteiger partial charge in [-0.1, -0.05) is 68.1 Å². The second-order valence-electron chi connectivity index (χ2n) is 7.95. The molecule has 144 valence electrons. The van der Waals surface area contributed by atoms with Crippen molar-refractivity contribution in [3.05, 3.63) is 95.3 Å². The molecule has 0 radical (unpaired) electrons. The Morgan fingerprint density at radius 2 is 1.68 bits per heavy atom. The quantitative estimate of drug-likeness (QED) is 0.493. The van der Waals surface area contributed by atoms with Crippen LogP contribution in [0.1, 0.15) is 53.9 Å². The van der Waals surface area contributed by atoms with Crippen molar-refractivity contribution in [1.82, 2.24) is 4.98 Å². The second-order valence-corrected chi connectivity index (χ2v) is 7.95. The van der Waals surface area contributed by atoms with Gasteiger partial charge < -0.3 is 4.74 Å². The SMILES string of the molecule is COc1ccc(C(Cc2ccncc2)c2ccccc2)cc1CC1CCCC1. The molecule has 0 bridgehead atoms. The molecule has 0 spiro atoms. The molecule has 1 aromatic heterocycles. The smallest absolute Gasteiger partial charge is 0.122 e. The van der Waals surface area contributed by atoms with E-state index in [1.165, 1.54) is 47.9 Å². The lowest BCUT2D eigenvalue weighted by atomic mass is 9.84. The van der Waals surface area contributed by atoms with Gasteiger partial charge in [-0.25, -0.2) is 0 Å². The highest BCUT2D eigenvalue weighted by molar-refractivity contribution is 5.43. The van der Waals surface area contributed by atoms with Crippen molar-refractivity contribution < 1.29 is 4.74 Å². The van der Waals surface area contributed by atoms with E-state index in [9.17, 15) is 0 Å². The molecule has 0 amide bonds. The molecule has 1 atom stereocenters. The molecule has 0 saturated heterocycles. The van der Waals surface area contributed by atoms with Crippen LogP contribution in [0.2, 0.25) is 0 Å². The Kier molecular flexibility index (Phi) is 6.06. The number of pyridine rings is 1. The normalized spacial score (nSPS) is 15.5. The average molecular weight is 372 g/mol. The first kappa shape index (κ1) is 18.7. The van der Waals surface area contributed by atoms with Crippen molar-refractivity contribution in [1.29, 1.82) is 0 Å². The van der Waals surface area contributed by atoms with Crippen molar-refractivity contribution in [2.24, 2.45) is 5.92 Å². The van der Waals surface area contributed by atoms with Gasteiger partial charge in [-0.3, -0.25) is 4.98 Å². The van der Waals surface area contributed by atoms with Crippen LogP contribution in [0.5, 0.6) is 5.75 Å². The van der Waals surface area contributed by atoms with Crippen molar-refractivity contribution >= 4 is 0 Å². The highest BCUT2D eigenvalue weighted by Crippen LogP contribution is 2.35. The molecule has 1 heterocycles. The van der Waals surface area contributed by atoms with E-state index in [0.717, 1.165) is 24.5 Å². The average Bonchev–Trinajstić information content (AvgIpc) is 3.26. The van der Waals surface area contributed by atoms with Gasteiger partial charge in [0, 0.05) is 18.3 Å². The van der Waals surface area contributed by atoms with Gasteiger partial charge in [-0.2, -0.15) is 0 Å². The zero-order valence-corrected chi connectivity index (χ0v) is 16.7. The molecule has 3 aromatic rings. The summed E-state index contributed by atoms with van der Waals surface area (Å²) in [6.07, 6.45) is 11.3. The van der Waals surface area contributed by atoms with Crippen molar-refractivity contribution in [3.8, 4) is 5.75 Å². The fourth-order valence-corrected chi connectivity index (χ4v) is 4.57. The van der Waals surface area contributed by atoms with Crippen LogP contribution in [0.3, 0.4) is 0 Å². The summed E-state index contributed by atoms with van der Waals surface area (Å²) in [4.78, 5) is 4.18. The number of aromatic nitrogens is 1. The Labute approximate surface area is 168 Å². The minimum atomic E-state index is 0.330. The summed E-state index contributed by atoms with van der Waals surface area (Å²) in [6, 6.07) is 21.9. The van der Waals surface area contributed by atoms with Crippen LogP contribution in [-0.2, 0) is 12.8 Å². The van der Waals surface area contributed by atoms with Gasteiger partial charge in [0.15, 0.2) is 0 Å². The van der Waals surface area contributed by atoms with Crippen LogP contribution in [0.15, 0.2) is 73.1 Å². The number of hydrogen-bond donors (Lipinski definition) is 0. The van der Waals surface area contributed by atoms with Gasteiger partial charge in [0.05, 0.1) is 7.11 Å². The number of methoxy groups -OCH3 is 1. The molecule has 0 N–H and O–H groups in total. The van der Waals surface area contributed by atoms with Gasteiger partial charge in [-0.05, 0) is 59.2 Å². The highest BCUT2D eigenvalue weighted by Gasteiger charge is 2.20. The molecule has 2 aromatic carbocycles. The van der Waals surface area contributed by atoms with E-state index in [4.69, 9.17) is 4.74 Å². The van der Waals surface area contributed by atoms with E-state index in [1.54, 1.807) is 7.11 Å². The molecule has 1 aliphatic rings. The maximum atomic E-state index is 5.71. The maximum Gasteiger partial charge on any atom is 0.122 e. The summed E-state index contributed by atoms with van der Waals surface area (Å²) in [5.74, 6) is 2.17. The number of hydrogen-bond acceptors (Lipinski definition) is 2. The van der Waals surface area contributed by atoms with Crippen LogP contribution in [0.4, 0.5) is 0 Å². The van der Waals surface area contributed by atoms with Crippen LogP contribution in [0, 0.1) is 5.92 Å². The van der Waals surface area contributed by atoms with Crippen LogP contribution < -0.4 is 4.74 Å². The summed E-state index contributed by atoms with van der Waals surface area (Å²) < 4.78 is 5.71. The summed E-state index contributed by atoms with van der Waals surface area (Å²) in [7, 11) is 1.79. The number of ether oxygens (including phenoxy) is 1. The van der Waals surface area contributed by atoms with E-state index in [2.05, 4.69) is 65.6 Å². The van der Waals surface area contributed by atoms with Crippen LogP contribution in [0.25, 0.3) is 0 Å². The topological polar surface area (TPSA) is 22.1 Å². The van der Waals surface area contributed by atoms with Crippen molar-refractivity contribution in [2.75, 3.05) is 7.11 Å². The molecule has 2 heteroatoms. The molecule has 1 unspecified atom stereocenters. The third kappa shape index (κ3) is 4.44. The summed E-state index contributed by atoms with van der Waals surface area (Å²) in [5.41, 5.74) is 5.41. The zero-order chi connectivity index (χ0) is 19.2. The first-order valence-electron chi connectivity index (χ1n) is 10.4.